The van der Waals surface area contributed by atoms with E-state index in [1.807, 2.05) is 6.92 Å². The smallest absolute Gasteiger partial charge is 0.150 e. The number of rotatable bonds is 10. The maximum atomic E-state index is 9.00. The molecular formula is C9H21NO6. The average Bonchev–Trinajstić information content (AvgIpc) is 2.32. The summed E-state index contributed by atoms with van der Waals surface area (Å²) in [4.78, 5) is 5.03. The minimum atomic E-state index is -1.13. The molecule has 0 spiro atoms. The second-order valence-electron chi connectivity index (χ2n) is 3.34. The van der Waals surface area contributed by atoms with Crippen LogP contribution < -0.4 is 5.48 Å². The van der Waals surface area contributed by atoms with E-state index >= 15 is 0 Å². The van der Waals surface area contributed by atoms with Gasteiger partial charge in [-0.1, -0.05) is 6.92 Å². The van der Waals surface area contributed by atoms with E-state index in [1.165, 1.54) is 0 Å². The molecule has 3 unspecified atom stereocenters. The van der Waals surface area contributed by atoms with Gasteiger partial charge in [-0.25, -0.2) is 0 Å². The molecule has 0 saturated heterocycles. The first-order chi connectivity index (χ1) is 7.63. The van der Waals surface area contributed by atoms with Gasteiger partial charge < -0.3 is 25.2 Å². The van der Waals surface area contributed by atoms with E-state index in [9.17, 15) is 0 Å². The largest absolute Gasteiger partial charge is 0.394 e. The lowest BCUT2D eigenvalue weighted by Gasteiger charge is -2.19. The van der Waals surface area contributed by atoms with Crippen molar-refractivity contribution in [1.82, 2.24) is 5.48 Å². The van der Waals surface area contributed by atoms with Crippen LogP contribution >= 0.6 is 0 Å². The number of hydrogen-bond acceptors (Lipinski definition) is 7. The molecule has 0 saturated carbocycles. The highest BCUT2D eigenvalue weighted by Crippen LogP contribution is 1.98. The van der Waals surface area contributed by atoms with Crippen LogP contribution in [0.2, 0.25) is 0 Å². The molecule has 0 heterocycles. The van der Waals surface area contributed by atoms with Crippen molar-refractivity contribution in [2.24, 2.45) is 0 Å². The molecule has 98 valence electrons. The summed E-state index contributed by atoms with van der Waals surface area (Å²) in [5.74, 6) is 0. The predicted molar refractivity (Wildman–Crippen MR) is 55.3 cm³/mol. The summed E-state index contributed by atoms with van der Waals surface area (Å²) in [6.45, 7) is 1.32. The molecule has 16 heavy (non-hydrogen) atoms. The standard InChI is InChI=1S/C9H21NO6/c1-2-8(16-10-9(14)4-12)6-15-5-7(13)3-11/h7-14H,2-6H2,1H3. The molecule has 3 atom stereocenters. The topological polar surface area (TPSA) is 111 Å². The minimum absolute atomic E-state index is 0.0267. The molecule has 0 aromatic carbocycles. The van der Waals surface area contributed by atoms with E-state index in [0.717, 1.165) is 0 Å². The Morgan fingerprint density at radius 3 is 2.31 bits per heavy atom. The predicted octanol–water partition coefficient (Wildman–Crippen LogP) is -2.03. The van der Waals surface area contributed by atoms with Gasteiger partial charge in [0.05, 0.1) is 26.4 Å². The molecule has 0 amide bonds. The highest BCUT2D eigenvalue weighted by Gasteiger charge is 2.11. The molecule has 0 bridgehead atoms. The van der Waals surface area contributed by atoms with E-state index < -0.39 is 18.9 Å². The molecule has 0 aromatic rings. The normalized spacial score (nSPS) is 17.1. The molecule has 0 rings (SSSR count). The molecule has 5 N–H and O–H groups in total. The molecule has 0 aromatic heterocycles. The van der Waals surface area contributed by atoms with Crippen LogP contribution in [0.4, 0.5) is 0 Å². The summed E-state index contributed by atoms with van der Waals surface area (Å²) < 4.78 is 5.09. The fourth-order valence-electron chi connectivity index (χ4n) is 0.835. The Morgan fingerprint density at radius 2 is 1.81 bits per heavy atom. The van der Waals surface area contributed by atoms with Crippen LogP contribution in [-0.4, -0.2) is 65.3 Å². The highest BCUT2D eigenvalue weighted by atomic mass is 16.7. The lowest BCUT2D eigenvalue weighted by molar-refractivity contribution is -0.133. The summed E-state index contributed by atoms with van der Waals surface area (Å²) in [5.41, 5.74) is 2.25. The average molecular weight is 239 g/mol. The van der Waals surface area contributed by atoms with Gasteiger partial charge in [0, 0.05) is 0 Å². The van der Waals surface area contributed by atoms with Crippen molar-refractivity contribution in [3.63, 3.8) is 0 Å². The second kappa shape index (κ2) is 9.91. The SMILES string of the molecule is CCC(COCC(O)CO)ONC(O)CO. The van der Waals surface area contributed by atoms with Crippen LogP contribution in [0, 0.1) is 0 Å². The van der Waals surface area contributed by atoms with Gasteiger partial charge in [0.2, 0.25) is 0 Å². The third-order valence-electron chi connectivity index (χ3n) is 1.82. The van der Waals surface area contributed by atoms with Gasteiger partial charge in [0.25, 0.3) is 0 Å². The van der Waals surface area contributed by atoms with Crippen LogP contribution in [0.5, 0.6) is 0 Å². The Labute approximate surface area is 94.6 Å². The van der Waals surface area contributed by atoms with Crippen LogP contribution in [0.25, 0.3) is 0 Å². The number of nitrogens with one attached hydrogen (secondary N) is 1. The van der Waals surface area contributed by atoms with Crippen LogP contribution in [0.15, 0.2) is 0 Å². The summed E-state index contributed by atoms with van der Waals surface area (Å²) in [6.07, 6.45) is -1.68. The number of aliphatic hydroxyl groups excluding tert-OH is 4. The van der Waals surface area contributed by atoms with Gasteiger partial charge in [0.15, 0.2) is 0 Å². The second-order valence-corrected chi connectivity index (χ2v) is 3.34. The van der Waals surface area contributed by atoms with Crippen molar-refractivity contribution in [3.8, 4) is 0 Å². The monoisotopic (exact) mass is 239 g/mol. The van der Waals surface area contributed by atoms with E-state index in [4.69, 9.17) is 30.0 Å². The van der Waals surface area contributed by atoms with Gasteiger partial charge in [0.1, 0.15) is 18.4 Å². The number of hydroxylamine groups is 1. The van der Waals surface area contributed by atoms with Gasteiger partial charge in [-0.2, -0.15) is 5.48 Å². The first-order valence-electron chi connectivity index (χ1n) is 5.20. The first-order valence-corrected chi connectivity index (χ1v) is 5.20. The highest BCUT2D eigenvalue weighted by molar-refractivity contribution is 4.55. The van der Waals surface area contributed by atoms with Crippen LogP contribution in [-0.2, 0) is 9.57 Å². The maximum absolute atomic E-state index is 9.00. The van der Waals surface area contributed by atoms with Crippen molar-refractivity contribution in [1.29, 1.82) is 0 Å². The van der Waals surface area contributed by atoms with Crippen molar-refractivity contribution in [2.45, 2.75) is 31.8 Å². The third kappa shape index (κ3) is 7.94. The first kappa shape index (κ1) is 15.7. The molecule has 0 aliphatic carbocycles. The fraction of sp³-hybridized carbons (Fsp3) is 1.00. The molecule has 7 heteroatoms. The Hall–Kier alpha value is -0.280. The zero-order valence-electron chi connectivity index (χ0n) is 9.37. The minimum Gasteiger partial charge on any atom is -0.394 e. The van der Waals surface area contributed by atoms with Crippen molar-refractivity contribution < 1.29 is 30.0 Å². The van der Waals surface area contributed by atoms with Crippen molar-refractivity contribution >= 4 is 0 Å². The Kier molecular flexibility index (Phi) is 9.74. The summed E-state index contributed by atoms with van der Waals surface area (Å²) in [5, 5.41) is 35.0. The zero-order chi connectivity index (χ0) is 12.4. The zero-order valence-corrected chi connectivity index (χ0v) is 9.37. The summed E-state index contributed by atoms with van der Waals surface area (Å²) in [6, 6.07) is 0. The van der Waals surface area contributed by atoms with E-state index in [0.29, 0.717) is 6.42 Å². The van der Waals surface area contributed by atoms with Crippen LogP contribution in [0.3, 0.4) is 0 Å². The molecule has 0 radical (unpaired) electrons. The van der Waals surface area contributed by atoms with Gasteiger partial charge in [-0.05, 0) is 6.42 Å². The van der Waals surface area contributed by atoms with Crippen LogP contribution in [0.1, 0.15) is 13.3 Å². The van der Waals surface area contributed by atoms with Gasteiger partial charge in [-0.15, -0.1) is 0 Å². The molecule has 0 aliphatic rings. The number of ether oxygens (including phenoxy) is 1. The summed E-state index contributed by atoms with van der Waals surface area (Å²) >= 11 is 0. The van der Waals surface area contributed by atoms with Gasteiger partial charge >= 0.3 is 0 Å². The molecule has 7 nitrogen and oxygen atoms in total. The van der Waals surface area contributed by atoms with E-state index in [-0.39, 0.29) is 25.9 Å². The Morgan fingerprint density at radius 1 is 1.12 bits per heavy atom. The number of aliphatic hydroxyl groups is 4. The van der Waals surface area contributed by atoms with Crippen molar-refractivity contribution in [2.75, 3.05) is 26.4 Å². The lowest BCUT2D eigenvalue weighted by atomic mass is 10.3. The third-order valence-corrected chi connectivity index (χ3v) is 1.82. The molecule has 0 aliphatic heterocycles. The Balaban J connectivity index is 3.58. The maximum Gasteiger partial charge on any atom is 0.150 e. The quantitative estimate of drug-likeness (QED) is 0.221. The van der Waals surface area contributed by atoms with Gasteiger partial charge in [-0.3, -0.25) is 4.84 Å². The fourth-order valence-corrected chi connectivity index (χ4v) is 0.835. The molecule has 0 fully saturated rings. The van der Waals surface area contributed by atoms with E-state index in [1.54, 1.807) is 0 Å². The van der Waals surface area contributed by atoms with E-state index in [2.05, 4.69) is 5.48 Å². The molecular weight excluding hydrogens is 218 g/mol. The van der Waals surface area contributed by atoms with Crippen molar-refractivity contribution in [3.05, 3.63) is 0 Å². The number of hydrogen-bond donors (Lipinski definition) is 5. The Bertz CT molecular complexity index is 159. The summed E-state index contributed by atoms with van der Waals surface area (Å²) in [7, 11) is 0. The lowest BCUT2D eigenvalue weighted by Crippen LogP contribution is -2.37.